The van der Waals surface area contributed by atoms with E-state index in [0.717, 1.165) is 6.07 Å². The highest BCUT2D eigenvalue weighted by Gasteiger charge is 2.33. The first-order valence-electron chi connectivity index (χ1n) is 7.34. The molecular formula is C16H15N5O4S. The highest BCUT2D eigenvalue weighted by atomic mass is 32.1. The summed E-state index contributed by atoms with van der Waals surface area (Å²) in [7, 11) is 3.41. The smallest absolute Gasteiger partial charge is 0.358 e. The average Bonchev–Trinajstić information content (AvgIpc) is 2.59. The van der Waals surface area contributed by atoms with Crippen LogP contribution in [0, 0.1) is 20.2 Å². The summed E-state index contributed by atoms with van der Waals surface area (Å²) in [5.74, 6) is 0. The molecule has 0 saturated heterocycles. The lowest BCUT2D eigenvalue weighted by atomic mass is 10.1. The fraction of sp³-hybridized carbons (Fsp3) is 0.125. The van der Waals surface area contributed by atoms with E-state index in [9.17, 15) is 20.2 Å². The van der Waals surface area contributed by atoms with Crippen LogP contribution in [0.1, 0.15) is 5.56 Å². The van der Waals surface area contributed by atoms with E-state index in [0.29, 0.717) is 5.69 Å². The van der Waals surface area contributed by atoms with Gasteiger partial charge < -0.3 is 10.2 Å². The Bertz CT molecular complexity index is 884. The molecule has 9 nitrogen and oxygen atoms in total. The second-order valence-corrected chi connectivity index (χ2v) is 5.76. The minimum absolute atomic E-state index is 0.110. The van der Waals surface area contributed by atoms with E-state index in [-0.39, 0.29) is 16.2 Å². The summed E-state index contributed by atoms with van der Waals surface area (Å²) in [6, 6.07) is 11.3. The number of anilines is 2. The number of nitrogens with zero attached hydrogens (tertiary/aromatic N) is 4. The Hall–Kier alpha value is -3.40. The molecule has 0 radical (unpaired) electrons. The van der Waals surface area contributed by atoms with Crippen LogP contribution < -0.4 is 5.32 Å². The van der Waals surface area contributed by atoms with Gasteiger partial charge in [0.25, 0.3) is 0 Å². The van der Waals surface area contributed by atoms with E-state index >= 15 is 0 Å². The second kappa shape index (κ2) is 8.12. The molecule has 0 spiro atoms. The lowest BCUT2D eigenvalue weighted by Gasteiger charge is -2.12. The molecule has 2 aromatic carbocycles. The first-order chi connectivity index (χ1) is 12.3. The fourth-order valence-electron chi connectivity index (χ4n) is 2.14. The fourth-order valence-corrected chi connectivity index (χ4v) is 2.40. The standard InChI is InChI=1S/C16H15N5O4S/c1-19(2)10-17-16(26)14-12(18-11-6-4-3-5-7-11)8-9-13(20(22)23)15(14)21(24)25/h3-10,18H,1-2H3. The molecule has 0 aliphatic rings. The third-order valence-electron chi connectivity index (χ3n) is 3.21. The molecule has 2 rings (SSSR count). The molecule has 0 aliphatic heterocycles. The van der Waals surface area contributed by atoms with Gasteiger partial charge in [0, 0.05) is 25.8 Å². The van der Waals surface area contributed by atoms with Crippen molar-refractivity contribution in [3.05, 3.63) is 68.3 Å². The molecule has 134 valence electrons. The van der Waals surface area contributed by atoms with Crippen LogP contribution >= 0.6 is 12.2 Å². The molecule has 0 atom stereocenters. The molecule has 1 N–H and O–H groups in total. The zero-order valence-corrected chi connectivity index (χ0v) is 14.8. The number of aliphatic imine (C=N–C) groups is 1. The Labute approximate surface area is 154 Å². The minimum atomic E-state index is -0.818. The van der Waals surface area contributed by atoms with Crippen LogP contribution in [0.25, 0.3) is 0 Å². The van der Waals surface area contributed by atoms with Crippen LogP contribution in [0.3, 0.4) is 0 Å². The van der Waals surface area contributed by atoms with Crippen LogP contribution in [0.2, 0.25) is 0 Å². The second-order valence-electron chi connectivity index (χ2n) is 5.37. The molecule has 0 aliphatic carbocycles. The van der Waals surface area contributed by atoms with Crippen molar-refractivity contribution in [3.8, 4) is 0 Å². The molecule has 0 unspecified atom stereocenters. The summed E-state index contributed by atoms with van der Waals surface area (Å²) < 4.78 is 0. The summed E-state index contributed by atoms with van der Waals surface area (Å²) >= 11 is 5.20. The zero-order valence-electron chi connectivity index (χ0n) is 13.9. The molecule has 26 heavy (non-hydrogen) atoms. The number of para-hydroxylation sites is 1. The molecule has 0 amide bonds. The van der Waals surface area contributed by atoms with E-state index in [1.807, 2.05) is 6.07 Å². The number of hydrogen-bond donors (Lipinski definition) is 1. The third kappa shape index (κ3) is 4.36. The predicted molar refractivity (Wildman–Crippen MR) is 103 cm³/mol. The first-order valence-corrected chi connectivity index (χ1v) is 7.75. The number of nitro benzene ring substituents is 2. The number of benzene rings is 2. The van der Waals surface area contributed by atoms with E-state index in [2.05, 4.69) is 10.3 Å². The SMILES string of the molecule is CN(C)C=NC(=S)c1c(Nc2ccccc2)ccc([N+](=O)[O-])c1[N+](=O)[O-]. The molecule has 2 aromatic rings. The molecule has 0 heterocycles. The number of hydrogen-bond acceptors (Lipinski definition) is 6. The van der Waals surface area contributed by atoms with Crippen molar-refractivity contribution in [2.45, 2.75) is 0 Å². The summed E-state index contributed by atoms with van der Waals surface area (Å²) in [6.07, 6.45) is 1.37. The van der Waals surface area contributed by atoms with Gasteiger partial charge in [0.05, 0.1) is 21.9 Å². The van der Waals surface area contributed by atoms with Gasteiger partial charge in [0.2, 0.25) is 0 Å². The average molecular weight is 373 g/mol. The van der Waals surface area contributed by atoms with Crippen LogP contribution in [-0.2, 0) is 0 Å². The third-order valence-corrected chi connectivity index (χ3v) is 3.52. The van der Waals surface area contributed by atoms with Gasteiger partial charge in [-0.1, -0.05) is 30.4 Å². The number of nitrogens with one attached hydrogen (secondary N) is 1. The van der Waals surface area contributed by atoms with Crippen molar-refractivity contribution < 1.29 is 9.85 Å². The molecular weight excluding hydrogens is 358 g/mol. The Morgan fingerprint density at radius 1 is 1.12 bits per heavy atom. The Morgan fingerprint density at radius 3 is 2.31 bits per heavy atom. The Balaban J connectivity index is 2.67. The van der Waals surface area contributed by atoms with Crippen LogP contribution in [0.4, 0.5) is 22.7 Å². The van der Waals surface area contributed by atoms with Gasteiger partial charge in [-0.2, -0.15) is 0 Å². The van der Waals surface area contributed by atoms with Crippen LogP contribution in [0.15, 0.2) is 47.5 Å². The van der Waals surface area contributed by atoms with Crippen molar-refractivity contribution in [2.24, 2.45) is 4.99 Å². The molecule has 0 bridgehead atoms. The van der Waals surface area contributed by atoms with Crippen molar-refractivity contribution in [2.75, 3.05) is 19.4 Å². The number of thiocarbonyl (C=S) groups is 1. The summed E-state index contributed by atoms with van der Waals surface area (Å²) in [5, 5.41) is 25.8. The molecule has 0 fully saturated rings. The molecule has 0 aromatic heterocycles. The van der Waals surface area contributed by atoms with Gasteiger partial charge in [0.1, 0.15) is 10.6 Å². The molecule has 0 saturated carbocycles. The predicted octanol–water partition coefficient (Wildman–Crippen LogP) is 3.51. The van der Waals surface area contributed by atoms with E-state index in [4.69, 9.17) is 12.2 Å². The van der Waals surface area contributed by atoms with Crippen molar-refractivity contribution in [1.82, 2.24) is 4.90 Å². The van der Waals surface area contributed by atoms with Gasteiger partial charge in [-0.25, -0.2) is 4.99 Å². The maximum atomic E-state index is 11.5. The number of rotatable bonds is 6. The Kier molecular flexibility index (Phi) is 5.91. The van der Waals surface area contributed by atoms with Gasteiger partial charge in [-0.3, -0.25) is 20.2 Å². The van der Waals surface area contributed by atoms with Crippen LogP contribution in [0.5, 0.6) is 0 Å². The monoisotopic (exact) mass is 373 g/mol. The normalized spacial score (nSPS) is 10.5. The van der Waals surface area contributed by atoms with Crippen LogP contribution in [-0.4, -0.2) is 40.2 Å². The highest BCUT2D eigenvalue weighted by Crippen LogP contribution is 2.37. The topological polar surface area (TPSA) is 114 Å². The van der Waals surface area contributed by atoms with Gasteiger partial charge in [-0.15, -0.1) is 0 Å². The summed E-state index contributed by atoms with van der Waals surface area (Å²) in [6.45, 7) is 0. The van der Waals surface area contributed by atoms with Crippen molar-refractivity contribution >= 4 is 46.3 Å². The first kappa shape index (κ1) is 18.9. The van der Waals surface area contributed by atoms with Crippen molar-refractivity contribution in [3.63, 3.8) is 0 Å². The van der Waals surface area contributed by atoms with Gasteiger partial charge in [0.15, 0.2) is 0 Å². The summed E-state index contributed by atoms with van der Waals surface area (Å²) in [5.41, 5.74) is -0.547. The lowest BCUT2D eigenvalue weighted by molar-refractivity contribution is -0.422. The minimum Gasteiger partial charge on any atom is -0.369 e. The zero-order chi connectivity index (χ0) is 19.3. The maximum absolute atomic E-state index is 11.5. The van der Waals surface area contributed by atoms with E-state index < -0.39 is 21.2 Å². The van der Waals surface area contributed by atoms with Gasteiger partial charge in [-0.05, 0) is 18.2 Å². The number of nitro groups is 2. The lowest BCUT2D eigenvalue weighted by Crippen LogP contribution is -2.12. The molecule has 10 heteroatoms. The quantitative estimate of drug-likeness (QED) is 0.271. The largest absolute Gasteiger partial charge is 0.369 e. The highest BCUT2D eigenvalue weighted by molar-refractivity contribution is 7.80. The van der Waals surface area contributed by atoms with E-state index in [1.165, 1.54) is 12.4 Å². The van der Waals surface area contributed by atoms with E-state index in [1.54, 1.807) is 43.3 Å². The van der Waals surface area contributed by atoms with Gasteiger partial charge >= 0.3 is 11.4 Å². The van der Waals surface area contributed by atoms with Crippen molar-refractivity contribution in [1.29, 1.82) is 0 Å². The maximum Gasteiger partial charge on any atom is 0.358 e. The Morgan fingerprint density at radius 2 is 1.77 bits per heavy atom. The summed E-state index contributed by atoms with van der Waals surface area (Å²) in [4.78, 5) is 26.6.